The lowest BCUT2D eigenvalue weighted by molar-refractivity contribution is -0.174. The minimum Gasteiger partial charge on any atom is -0.431 e. The Morgan fingerprint density at radius 2 is 1.54 bits per heavy atom. The van der Waals surface area contributed by atoms with Gasteiger partial charge in [-0.2, -0.15) is 0 Å². The fourth-order valence-electron chi connectivity index (χ4n) is 4.48. The van der Waals surface area contributed by atoms with E-state index in [4.69, 9.17) is 23.7 Å². The molecular formula is C29H47N3O9. The number of hydrogen-bond donors (Lipinski definition) is 1. The molecule has 1 amide bonds. The molecule has 1 aromatic heterocycles. The molecule has 3 atom stereocenters. The van der Waals surface area contributed by atoms with Crippen molar-refractivity contribution in [1.82, 2.24) is 14.9 Å². The molecule has 1 aliphatic rings. The summed E-state index contributed by atoms with van der Waals surface area (Å²) in [6.07, 6.45) is 5.28. The Kier molecular flexibility index (Phi) is 13.9. The summed E-state index contributed by atoms with van der Waals surface area (Å²) in [5.41, 5.74) is 0.756. The number of carbonyl (C=O) groups is 4. The molecule has 1 fully saturated rings. The summed E-state index contributed by atoms with van der Waals surface area (Å²) in [6.45, 7) is 12.1. The number of ether oxygens (including phenoxy) is 5. The molecule has 1 aliphatic carbocycles. The topological polar surface area (TPSA) is 144 Å². The number of alkyl carbamates (subject to hydrolysis) is 1. The Hall–Kier alpha value is -3.31. The van der Waals surface area contributed by atoms with E-state index in [1.165, 1.54) is 26.7 Å². The van der Waals surface area contributed by atoms with Crippen LogP contribution >= 0.6 is 0 Å². The Bertz CT molecular complexity index is 986. The zero-order chi connectivity index (χ0) is 30.5. The molecule has 12 heteroatoms. The second kappa shape index (κ2) is 16.8. The highest BCUT2D eigenvalue weighted by atomic mass is 16.8. The third-order valence-electron chi connectivity index (χ3n) is 6.75. The van der Waals surface area contributed by atoms with E-state index in [0.29, 0.717) is 25.3 Å². The number of hydrogen-bond acceptors (Lipinski definition) is 10. The predicted molar refractivity (Wildman–Crippen MR) is 148 cm³/mol. The first kappa shape index (κ1) is 33.9. The van der Waals surface area contributed by atoms with E-state index in [0.717, 1.165) is 24.5 Å². The fourth-order valence-corrected chi connectivity index (χ4v) is 4.48. The van der Waals surface area contributed by atoms with Gasteiger partial charge in [-0.1, -0.05) is 20.8 Å². The molecule has 0 aromatic carbocycles. The van der Waals surface area contributed by atoms with E-state index in [1.54, 1.807) is 27.7 Å². The van der Waals surface area contributed by atoms with E-state index >= 15 is 0 Å². The molecule has 1 heterocycles. The molecule has 12 nitrogen and oxygen atoms in total. The van der Waals surface area contributed by atoms with Crippen molar-refractivity contribution >= 4 is 24.2 Å². The highest BCUT2D eigenvalue weighted by molar-refractivity contribution is 5.73. The zero-order valence-corrected chi connectivity index (χ0v) is 25.4. The molecule has 0 spiro atoms. The number of amides is 1. The van der Waals surface area contributed by atoms with Crippen molar-refractivity contribution in [2.24, 2.45) is 17.8 Å². The van der Waals surface area contributed by atoms with E-state index in [1.807, 2.05) is 12.5 Å². The molecule has 232 valence electrons. The minimum absolute atomic E-state index is 0.217. The minimum atomic E-state index is -1.14. The van der Waals surface area contributed by atoms with Crippen LogP contribution in [0, 0.1) is 17.8 Å². The van der Waals surface area contributed by atoms with Gasteiger partial charge in [0.25, 0.3) is 0 Å². The van der Waals surface area contributed by atoms with Gasteiger partial charge in [-0.3, -0.25) is 9.59 Å². The number of esters is 2. The maximum atomic E-state index is 13.1. The lowest BCUT2D eigenvalue weighted by Gasteiger charge is -2.27. The van der Waals surface area contributed by atoms with Gasteiger partial charge < -0.3 is 33.6 Å². The number of imidazole rings is 1. The third kappa shape index (κ3) is 12.8. The normalized spacial score (nSPS) is 19.1. The Morgan fingerprint density at radius 3 is 2.17 bits per heavy atom. The summed E-state index contributed by atoms with van der Waals surface area (Å²) in [4.78, 5) is 53.2. The maximum absolute atomic E-state index is 13.1. The highest BCUT2D eigenvalue weighted by Crippen LogP contribution is 2.32. The van der Waals surface area contributed by atoms with Crippen LogP contribution < -0.4 is 5.32 Å². The average molecular weight is 582 g/mol. The third-order valence-corrected chi connectivity index (χ3v) is 6.75. The molecule has 1 saturated carbocycles. The standard InChI is InChI=1S/C29H47N3O9/c1-18(2)26(33)38-21(6)40-28(35)30-14-8-9-23(27(34)39-22(7)41-29(36)37-19(3)4)15-24-16-32(17-31-24)25-12-10-20(5)11-13-25/h16-23,25H,8-15H2,1-7H3,(H,30,35)/t20?,21?,22?,23-,25?/m0/s1. The molecule has 0 aliphatic heterocycles. The van der Waals surface area contributed by atoms with Crippen LogP contribution in [-0.2, 0) is 39.7 Å². The second-order valence-electron chi connectivity index (χ2n) is 11.3. The largest absolute Gasteiger partial charge is 0.511 e. The van der Waals surface area contributed by atoms with Gasteiger partial charge >= 0.3 is 24.2 Å². The summed E-state index contributed by atoms with van der Waals surface area (Å²) in [5.74, 6) is -1.22. The van der Waals surface area contributed by atoms with Crippen LogP contribution in [-0.4, -0.2) is 59.0 Å². The summed E-state index contributed by atoms with van der Waals surface area (Å²) in [6, 6.07) is 0.399. The highest BCUT2D eigenvalue weighted by Gasteiger charge is 2.26. The molecule has 0 radical (unpaired) electrons. The van der Waals surface area contributed by atoms with E-state index in [2.05, 4.69) is 21.8 Å². The van der Waals surface area contributed by atoms with Crippen LogP contribution in [0.1, 0.15) is 98.7 Å². The monoisotopic (exact) mass is 581 g/mol. The van der Waals surface area contributed by atoms with Gasteiger partial charge in [0.2, 0.25) is 12.6 Å². The van der Waals surface area contributed by atoms with Gasteiger partial charge in [0.05, 0.1) is 30.0 Å². The predicted octanol–water partition coefficient (Wildman–Crippen LogP) is 5.30. The molecule has 2 rings (SSSR count). The molecule has 2 unspecified atom stereocenters. The van der Waals surface area contributed by atoms with Crippen molar-refractivity contribution in [3.05, 3.63) is 18.2 Å². The van der Waals surface area contributed by atoms with Gasteiger partial charge in [-0.05, 0) is 58.3 Å². The molecule has 41 heavy (non-hydrogen) atoms. The van der Waals surface area contributed by atoms with Crippen LogP contribution in [0.15, 0.2) is 12.5 Å². The number of aromatic nitrogens is 2. The quantitative estimate of drug-likeness (QED) is 0.133. The maximum Gasteiger partial charge on any atom is 0.511 e. The molecule has 1 aromatic rings. The first-order chi connectivity index (χ1) is 19.3. The number of nitrogens with zero attached hydrogens (tertiary/aromatic N) is 2. The van der Waals surface area contributed by atoms with Crippen LogP contribution in [0.25, 0.3) is 0 Å². The molecule has 0 bridgehead atoms. The number of nitrogens with one attached hydrogen (secondary N) is 1. The fraction of sp³-hybridized carbons (Fsp3) is 0.759. The van der Waals surface area contributed by atoms with Crippen molar-refractivity contribution in [3.8, 4) is 0 Å². The zero-order valence-electron chi connectivity index (χ0n) is 25.4. The second-order valence-corrected chi connectivity index (χ2v) is 11.3. The Balaban J connectivity index is 1.94. The Labute approximate surface area is 242 Å². The van der Waals surface area contributed by atoms with Crippen molar-refractivity contribution in [3.63, 3.8) is 0 Å². The van der Waals surface area contributed by atoms with Gasteiger partial charge in [0.15, 0.2) is 0 Å². The first-order valence-electron chi connectivity index (χ1n) is 14.6. The SMILES string of the molecule is CC1CCC(n2cnc(C[C@H](CCCNC(=O)OC(C)OC(=O)C(C)C)C(=O)OC(C)OC(=O)OC(C)C)c2)CC1. The molecule has 0 saturated heterocycles. The van der Waals surface area contributed by atoms with Gasteiger partial charge in [-0.25, -0.2) is 14.6 Å². The molecular weight excluding hydrogens is 534 g/mol. The van der Waals surface area contributed by atoms with E-state index in [-0.39, 0.29) is 18.6 Å². The molecule has 1 N–H and O–H groups in total. The van der Waals surface area contributed by atoms with Crippen LogP contribution in [0.4, 0.5) is 9.59 Å². The average Bonchev–Trinajstić information content (AvgIpc) is 3.33. The number of carbonyl (C=O) groups excluding carboxylic acids is 4. The number of rotatable bonds is 14. The van der Waals surface area contributed by atoms with Crippen molar-refractivity contribution < 1.29 is 42.9 Å². The smallest absolute Gasteiger partial charge is 0.431 e. The van der Waals surface area contributed by atoms with Gasteiger partial charge in [-0.15, -0.1) is 0 Å². The summed E-state index contributed by atoms with van der Waals surface area (Å²) < 4.78 is 27.6. The van der Waals surface area contributed by atoms with Gasteiger partial charge in [0, 0.05) is 39.1 Å². The van der Waals surface area contributed by atoms with Crippen LogP contribution in [0.3, 0.4) is 0 Å². The van der Waals surface area contributed by atoms with E-state index < -0.39 is 42.7 Å². The lowest BCUT2D eigenvalue weighted by Crippen LogP contribution is -2.32. The van der Waals surface area contributed by atoms with E-state index in [9.17, 15) is 19.2 Å². The summed E-state index contributed by atoms with van der Waals surface area (Å²) in [7, 11) is 0. The van der Waals surface area contributed by atoms with Crippen LogP contribution in [0.5, 0.6) is 0 Å². The van der Waals surface area contributed by atoms with Crippen LogP contribution in [0.2, 0.25) is 0 Å². The lowest BCUT2D eigenvalue weighted by atomic mass is 9.87. The summed E-state index contributed by atoms with van der Waals surface area (Å²) >= 11 is 0. The van der Waals surface area contributed by atoms with Gasteiger partial charge in [0.1, 0.15) is 0 Å². The van der Waals surface area contributed by atoms with Crippen molar-refractivity contribution in [2.75, 3.05) is 6.54 Å². The van der Waals surface area contributed by atoms with Crippen molar-refractivity contribution in [2.45, 2.75) is 118 Å². The first-order valence-corrected chi connectivity index (χ1v) is 14.6. The van der Waals surface area contributed by atoms with Crippen molar-refractivity contribution in [1.29, 1.82) is 0 Å². The Morgan fingerprint density at radius 1 is 0.902 bits per heavy atom. The summed E-state index contributed by atoms with van der Waals surface area (Å²) in [5, 5.41) is 2.60.